The second-order valence-corrected chi connectivity index (χ2v) is 4.08. The zero-order valence-electron chi connectivity index (χ0n) is 9.41. The molecule has 0 aliphatic heterocycles. The first-order valence-electron chi connectivity index (χ1n) is 5.63. The molecule has 1 aromatic carbocycles. The summed E-state index contributed by atoms with van der Waals surface area (Å²) >= 11 is 0. The van der Waals surface area contributed by atoms with Crippen LogP contribution >= 0.6 is 0 Å². The van der Waals surface area contributed by atoms with Crippen molar-refractivity contribution in [1.82, 2.24) is 0 Å². The molecule has 0 amide bonds. The van der Waals surface area contributed by atoms with Gasteiger partial charge in [-0.15, -0.1) is 0 Å². The minimum absolute atomic E-state index is 0.259. The Morgan fingerprint density at radius 3 is 2.71 bits per heavy atom. The van der Waals surface area contributed by atoms with E-state index in [0.29, 0.717) is 6.54 Å². The highest BCUT2D eigenvalue weighted by atomic mass is 16.1. The highest BCUT2D eigenvalue weighted by molar-refractivity contribution is 5.99. The van der Waals surface area contributed by atoms with Crippen LogP contribution in [0.2, 0.25) is 0 Å². The number of rotatable bonds is 5. The minimum Gasteiger partial charge on any atom is -0.294 e. The molecule has 0 unspecified atom stereocenters. The average Bonchev–Trinajstić information content (AvgIpc) is 3.19. The van der Waals surface area contributed by atoms with Crippen LogP contribution in [0.5, 0.6) is 0 Å². The van der Waals surface area contributed by atoms with Gasteiger partial charge in [0.1, 0.15) is 0 Å². The van der Waals surface area contributed by atoms with Crippen molar-refractivity contribution in [3.8, 4) is 0 Å². The van der Waals surface area contributed by atoms with E-state index in [1.54, 1.807) is 6.08 Å². The maximum atomic E-state index is 11.7. The third-order valence-corrected chi connectivity index (χ3v) is 2.70. The number of carbonyl (C=O) groups is 1. The number of azide groups is 1. The molecule has 1 aliphatic rings. The minimum atomic E-state index is 0.259. The molecule has 0 radical (unpaired) electrons. The lowest BCUT2D eigenvalue weighted by molar-refractivity contribution is 0.0967. The molecule has 4 nitrogen and oxygen atoms in total. The standard InChI is InChI=1S/C13H13N3O/c14-16-15-9-1-2-10-3-5-11(6-4-10)13(17)12-7-8-12/h1-6,12H,7-9H2. The van der Waals surface area contributed by atoms with Crippen molar-refractivity contribution in [3.05, 3.63) is 51.9 Å². The summed E-state index contributed by atoms with van der Waals surface area (Å²) in [6.07, 6.45) is 5.73. The van der Waals surface area contributed by atoms with E-state index in [2.05, 4.69) is 10.0 Å². The number of hydrogen-bond acceptors (Lipinski definition) is 2. The summed E-state index contributed by atoms with van der Waals surface area (Å²) in [4.78, 5) is 14.4. The molecule has 0 heterocycles. The maximum Gasteiger partial charge on any atom is 0.165 e. The van der Waals surface area contributed by atoms with Gasteiger partial charge in [-0.05, 0) is 23.9 Å². The highest BCUT2D eigenvalue weighted by Crippen LogP contribution is 2.32. The Kier molecular flexibility index (Phi) is 3.58. The molecule has 0 N–H and O–H groups in total. The lowest BCUT2D eigenvalue weighted by atomic mass is 10.1. The first-order chi connectivity index (χ1) is 8.31. The fourth-order valence-electron chi connectivity index (χ4n) is 1.61. The van der Waals surface area contributed by atoms with E-state index in [1.807, 2.05) is 30.3 Å². The summed E-state index contributed by atoms with van der Waals surface area (Å²) in [6, 6.07) is 7.52. The largest absolute Gasteiger partial charge is 0.294 e. The Morgan fingerprint density at radius 1 is 1.41 bits per heavy atom. The van der Waals surface area contributed by atoms with Gasteiger partial charge < -0.3 is 0 Å². The van der Waals surface area contributed by atoms with E-state index in [9.17, 15) is 4.79 Å². The first-order valence-corrected chi connectivity index (χ1v) is 5.63. The van der Waals surface area contributed by atoms with E-state index >= 15 is 0 Å². The summed E-state index contributed by atoms with van der Waals surface area (Å²) in [7, 11) is 0. The van der Waals surface area contributed by atoms with Gasteiger partial charge in [-0.25, -0.2) is 0 Å². The van der Waals surface area contributed by atoms with Crippen LogP contribution in [0.4, 0.5) is 0 Å². The van der Waals surface area contributed by atoms with Crippen molar-refractivity contribution in [1.29, 1.82) is 0 Å². The topological polar surface area (TPSA) is 65.8 Å². The van der Waals surface area contributed by atoms with Gasteiger partial charge in [0.2, 0.25) is 0 Å². The zero-order valence-corrected chi connectivity index (χ0v) is 9.41. The lowest BCUT2D eigenvalue weighted by Crippen LogP contribution is -2.00. The van der Waals surface area contributed by atoms with Crippen LogP contribution < -0.4 is 0 Å². The summed E-state index contributed by atoms with van der Waals surface area (Å²) in [6.45, 7) is 0.346. The van der Waals surface area contributed by atoms with E-state index in [-0.39, 0.29) is 11.7 Å². The van der Waals surface area contributed by atoms with Crippen LogP contribution in [-0.4, -0.2) is 12.3 Å². The number of Topliss-reactive ketones (excluding diaryl/α,β-unsaturated/α-hetero) is 1. The van der Waals surface area contributed by atoms with Gasteiger partial charge in [-0.1, -0.05) is 41.5 Å². The molecule has 17 heavy (non-hydrogen) atoms. The Balaban J connectivity index is 1.99. The fourth-order valence-corrected chi connectivity index (χ4v) is 1.61. The van der Waals surface area contributed by atoms with Crippen LogP contribution in [0.25, 0.3) is 16.5 Å². The van der Waals surface area contributed by atoms with E-state index in [1.165, 1.54) is 0 Å². The molecule has 1 saturated carbocycles. The number of benzene rings is 1. The monoisotopic (exact) mass is 227 g/mol. The van der Waals surface area contributed by atoms with Crippen molar-refractivity contribution in [2.24, 2.45) is 11.0 Å². The normalized spacial score (nSPS) is 14.6. The Morgan fingerprint density at radius 2 is 2.12 bits per heavy atom. The van der Waals surface area contributed by atoms with Gasteiger partial charge in [-0.2, -0.15) is 0 Å². The van der Waals surface area contributed by atoms with E-state index < -0.39 is 0 Å². The second kappa shape index (κ2) is 5.32. The molecule has 0 atom stereocenters. The molecule has 2 rings (SSSR count). The van der Waals surface area contributed by atoms with Gasteiger partial charge in [0.15, 0.2) is 5.78 Å². The molecular formula is C13H13N3O. The molecule has 0 bridgehead atoms. The van der Waals surface area contributed by atoms with Crippen molar-refractivity contribution >= 4 is 11.9 Å². The van der Waals surface area contributed by atoms with Crippen molar-refractivity contribution in [2.75, 3.05) is 6.54 Å². The molecule has 0 aromatic heterocycles. The Bertz CT molecular complexity index is 480. The van der Waals surface area contributed by atoms with Gasteiger partial charge in [0, 0.05) is 22.9 Å². The van der Waals surface area contributed by atoms with Gasteiger partial charge in [0.25, 0.3) is 0 Å². The Labute approximate surface area is 99.6 Å². The van der Waals surface area contributed by atoms with Crippen LogP contribution in [0.15, 0.2) is 35.5 Å². The second-order valence-electron chi connectivity index (χ2n) is 4.08. The van der Waals surface area contributed by atoms with E-state index in [4.69, 9.17) is 5.53 Å². The predicted molar refractivity (Wildman–Crippen MR) is 66.5 cm³/mol. The van der Waals surface area contributed by atoms with Gasteiger partial charge in [0.05, 0.1) is 0 Å². The van der Waals surface area contributed by atoms with Crippen LogP contribution in [0.3, 0.4) is 0 Å². The van der Waals surface area contributed by atoms with Crippen LogP contribution in [-0.2, 0) is 0 Å². The average molecular weight is 227 g/mol. The molecule has 0 spiro atoms. The lowest BCUT2D eigenvalue weighted by Gasteiger charge is -1.99. The maximum absolute atomic E-state index is 11.7. The molecule has 1 fully saturated rings. The molecule has 1 aromatic rings. The highest BCUT2D eigenvalue weighted by Gasteiger charge is 2.30. The fraction of sp³-hybridized carbons (Fsp3) is 0.308. The third kappa shape index (κ3) is 3.20. The summed E-state index contributed by atoms with van der Waals surface area (Å²) in [5.41, 5.74) is 9.90. The first kappa shape index (κ1) is 11.4. The number of ketones is 1. The smallest absolute Gasteiger partial charge is 0.165 e. The Hall–Kier alpha value is -2.06. The molecule has 1 aliphatic carbocycles. The van der Waals surface area contributed by atoms with Gasteiger partial charge in [-0.3, -0.25) is 4.79 Å². The quantitative estimate of drug-likeness (QED) is 0.328. The molecule has 4 heteroatoms. The molecule has 0 saturated heterocycles. The zero-order chi connectivity index (χ0) is 12.1. The number of nitrogens with zero attached hydrogens (tertiary/aromatic N) is 3. The third-order valence-electron chi connectivity index (χ3n) is 2.70. The summed E-state index contributed by atoms with van der Waals surface area (Å²) < 4.78 is 0. The number of carbonyl (C=O) groups excluding carboxylic acids is 1. The SMILES string of the molecule is [N-]=[N+]=NCC=Cc1ccc(C(=O)C2CC2)cc1. The molecular weight excluding hydrogens is 214 g/mol. The van der Waals surface area contributed by atoms with Crippen LogP contribution in [0, 0.1) is 5.92 Å². The van der Waals surface area contributed by atoms with Gasteiger partial charge >= 0.3 is 0 Å². The number of hydrogen-bond donors (Lipinski definition) is 0. The van der Waals surface area contributed by atoms with Crippen molar-refractivity contribution < 1.29 is 4.79 Å². The van der Waals surface area contributed by atoms with Crippen molar-refractivity contribution in [2.45, 2.75) is 12.8 Å². The van der Waals surface area contributed by atoms with E-state index in [0.717, 1.165) is 24.0 Å². The van der Waals surface area contributed by atoms with Crippen LogP contribution in [0.1, 0.15) is 28.8 Å². The van der Waals surface area contributed by atoms with Crippen molar-refractivity contribution in [3.63, 3.8) is 0 Å². The summed E-state index contributed by atoms with van der Waals surface area (Å²) in [5.74, 6) is 0.524. The molecule has 86 valence electrons. The predicted octanol–water partition coefficient (Wildman–Crippen LogP) is 3.60. The summed E-state index contributed by atoms with van der Waals surface area (Å²) in [5, 5.41) is 3.40.